The lowest BCUT2D eigenvalue weighted by atomic mass is 9.89. The third kappa shape index (κ3) is 6.03. The number of benzene rings is 1. The third-order valence-corrected chi connectivity index (χ3v) is 3.64. The van der Waals surface area contributed by atoms with Gasteiger partial charge >= 0.3 is 11.8 Å². The normalized spacial score (nSPS) is 11.1. The van der Waals surface area contributed by atoms with Gasteiger partial charge in [0.05, 0.1) is 10.7 Å². The Morgan fingerprint density at radius 2 is 1.95 bits per heavy atom. The molecule has 0 radical (unpaired) electrons. The standard InChI is InChI=1S/C16H23ClN2O3/c1-11-5-6-13(12(17)9-11)19-15(22)14(21)18-8-4-7-16(2,3)10-20/h5-6,9,20H,4,7-8,10H2,1-3H3,(H,18,21)(H,19,22). The van der Waals surface area contributed by atoms with Crippen molar-refractivity contribution >= 4 is 29.1 Å². The molecule has 0 aliphatic heterocycles. The van der Waals surface area contributed by atoms with E-state index in [4.69, 9.17) is 16.7 Å². The first kappa shape index (κ1) is 18.5. The van der Waals surface area contributed by atoms with Crippen LogP contribution in [-0.2, 0) is 9.59 Å². The van der Waals surface area contributed by atoms with Crippen molar-refractivity contribution < 1.29 is 14.7 Å². The van der Waals surface area contributed by atoms with Crippen molar-refractivity contribution in [2.45, 2.75) is 33.6 Å². The maximum atomic E-state index is 11.8. The molecule has 5 nitrogen and oxygen atoms in total. The Hall–Kier alpha value is -1.59. The predicted molar refractivity (Wildman–Crippen MR) is 87.9 cm³/mol. The summed E-state index contributed by atoms with van der Waals surface area (Å²) >= 11 is 6.00. The van der Waals surface area contributed by atoms with Crippen LogP contribution < -0.4 is 10.6 Å². The Balaban J connectivity index is 2.41. The smallest absolute Gasteiger partial charge is 0.313 e. The summed E-state index contributed by atoms with van der Waals surface area (Å²) in [7, 11) is 0. The number of halogens is 1. The summed E-state index contributed by atoms with van der Waals surface area (Å²) in [5.74, 6) is -1.44. The summed E-state index contributed by atoms with van der Waals surface area (Å²) in [6.45, 7) is 6.25. The van der Waals surface area contributed by atoms with Crippen molar-refractivity contribution in [1.29, 1.82) is 0 Å². The van der Waals surface area contributed by atoms with E-state index >= 15 is 0 Å². The summed E-state index contributed by atoms with van der Waals surface area (Å²) in [5, 5.41) is 14.6. The summed E-state index contributed by atoms with van der Waals surface area (Å²) in [6.07, 6.45) is 1.45. The molecule has 0 spiro atoms. The van der Waals surface area contributed by atoms with Crippen LogP contribution in [0.2, 0.25) is 5.02 Å². The fraction of sp³-hybridized carbons (Fsp3) is 0.500. The zero-order valence-electron chi connectivity index (χ0n) is 13.2. The van der Waals surface area contributed by atoms with Crippen LogP contribution in [0.1, 0.15) is 32.3 Å². The molecule has 0 fully saturated rings. The third-order valence-electron chi connectivity index (χ3n) is 3.32. The van der Waals surface area contributed by atoms with E-state index in [2.05, 4.69) is 10.6 Å². The molecule has 0 unspecified atom stereocenters. The lowest BCUT2D eigenvalue weighted by Crippen LogP contribution is -2.36. The number of aliphatic hydroxyl groups excluding tert-OH is 1. The topological polar surface area (TPSA) is 78.4 Å². The van der Waals surface area contributed by atoms with E-state index < -0.39 is 11.8 Å². The fourth-order valence-corrected chi connectivity index (χ4v) is 2.11. The van der Waals surface area contributed by atoms with Gasteiger partial charge in [0.1, 0.15) is 0 Å². The number of amides is 2. The number of anilines is 1. The molecule has 0 saturated heterocycles. The molecule has 1 rings (SSSR count). The molecule has 0 saturated carbocycles. The van der Waals surface area contributed by atoms with Crippen LogP contribution in [0.3, 0.4) is 0 Å². The quantitative estimate of drug-likeness (QED) is 0.555. The van der Waals surface area contributed by atoms with Crippen LogP contribution in [0.15, 0.2) is 18.2 Å². The summed E-state index contributed by atoms with van der Waals surface area (Å²) in [6, 6.07) is 5.18. The van der Waals surface area contributed by atoms with Gasteiger partial charge in [-0.25, -0.2) is 0 Å². The van der Waals surface area contributed by atoms with Gasteiger partial charge in [0, 0.05) is 13.2 Å². The first-order chi connectivity index (χ1) is 10.2. The van der Waals surface area contributed by atoms with Gasteiger partial charge in [-0.2, -0.15) is 0 Å². The molecular formula is C16H23ClN2O3. The minimum absolute atomic E-state index is 0.0906. The highest BCUT2D eigenvalue weighted by atomic mass is 35.5. The highest BCUT2D eigenvalue weighted by Crippen LogP contribution is 2.22. The van der Waals surface area contributed by atoms with E-state index in [-0.39, 0.29) is 12.0 Å². The van der Waals surface area contributed by atoms with Crippen molar-refractivity contribution in [2.75, 3.05) is 18.5 Å². The van der Waals surface area contributed by atoms with Gasteiger partial charge in [-0.15, -0.1) is 0 Å². The number of hydrogen-bond donors (Lipinski definition) is 3. The van der Waals surface area contributed by atoms with Crippen molar-refractivity contribution in [3.63, 3.8) is 0 Å². The van der Waals surface area contributed by atoms with Crippen molar-refractivity contribution in [3.05, 3.63) is 28.8 Å². The molecule has 1 aromatic rings. The number of carbonyl (C=O) groups excluding carboxylic acids is 2. The molecule has 122 valence electrons. The van der Waals surface area contributed by atoms with Gasteiger partial charge in [0.25, 0.3) is 0 Å². The van der Waals surface area contributed by atoms with Gasteiger partial charge in [0.2, 0.25) is 0 Å². The van der Waals surface area contributed by atoms with Gasteiger partial charge in [0.15, 0.2) is 0 Å². The van der Waals surface area contributed by atoms with Crippen LogP contribution >= 0.6 is 11.6 Å². The van der Waals surface area contributed by atoms with Crippen molar-refractivity contribution in [1.82, 2.24) is 5.32 Å². The molecule has 3 N–H and O–H groups in total. The second-order valence-electron chi connectivity index (χ2n) is 6.12. The Kier molecular flexibility index (Phi) is 6.84. The largest absolute Gasteiger partial charge is 0.396 e. The minimum Gasteiger partial charge on any atom is -0.396 e. The summed E-state index contributed by atoms with van der Waals surface area (Å²) in [4.78, 5) is 23.5. The lowest BCUT2D eigenvalue weighted by Gasteiger charge is -2.21. The van der Waals surface area contributed by atoms with E-state index in [1.165, 1.54) is 0 Å². The summed E-state index contributed by atoms with van der Waals surface area (Å²) in [5.41, 5.74) is 1.20. The van der Waals surface area contributed by atoms with Gasteiger partial charge in [-0.05, 0) is 42.9 Å². The average Bonchev–Trinajstić information content (AvgIpc) is 2.46. The molecule has 2 amide bonds. The van der Waals surface area contributed by atoms with E-state index in [9.17, 15) is 9.59 Å². The van der Waals surface area contributed by atoms with Crippen LogP contribution in [0.5, 0.6) is 0 Å². The van der Waals surface area contributed by atoms with E-state index in [0.717, 1.165) is 12.0 Å². The number of nitrogens with one attached hydrogen (secondary N) is 2. The molecule has 0 aromatic heterocycles. The maximum Gasteiger partial charge on any atom is 0.313 e. The molecule has 0 aliphatic rings. The zero-order chi connectivity index (χ0) is 16.8. The fourth-order valence-electron chi connectivity index (χ4n) is 1.83. The Morgan fingerprint density at radius 3 is 2.55 bits per heavy atom. The first-order valence-electron chi connectivity index (χ1n) is 7.21. The second kappa shape index (κ2) is 8.15. The molecule has 0 atom stereocenters. The zero-order valence-corrected chi connectivity index (χ0v) is 14.0. The number of aliphatic hydroxyl groups is 1. The van der Waals surface area contributed by atoms with E-state index in [1.807, 2.05) is 20.8 Å². The molecular weight excluding hydrogens is 304 g/mol. The maximum absolute atomic E-state index is 11.8. The highest BCUT2D eigenvalue weighted by molar-refractivity contribution is 6.41. The second-order valence-corrected chi connectivity index (χ2v) is 6.53. The lowest BCUT2D eigenvalue weighted by molar-refractivity contribution is -0.136. The molecule has 1 aromatic carbocycles. The number of aryl methyl sites for hydroxylation is 1. The average molecular weight is 327 g/mol. The number of hydrogen-bond acceptors (Lipinski definition) is 3. The van der Waals surface area contributed by atoms with Crippen LogP contribution in [0, 0.1) is 12.3 Å². The molecule has 0 heterocycles. The van der Waals surface area contributed by atoms with Crippen molar-refractivity contribution in [3.8, 4) is 0 Å². The Labute approximate surface area is 136 Å². The minimum atomic E-state index is -0.743. The molecule has 0 bridgehead atoms. The monoisotopic (exact) mass is 326 g/mol. The van der Waals surface area contributed by atoms with E-state index in [0.29, 0.717) is 23.7 Å². The summed E-state index contributed by atoms with van der Waals surface area (Å²) < 4.78 is 0. The van der Waals surface area contributed by atoms with Crippen LogP contribution in [-0.4, -0.2) is 30.1 Å². The van der Waals surface area contributed by atoms with Crippen molar-refractivity contribution in [2.24, 2.45) is 5.41 Å². The van der Waals surface area contributed by atoms with Gasteiger partial charge in [-0.1, -0.05) is 31.5 Å². The highest BCUT2D eigenvalue weighted by Gasteiger charge is 2.17. The van der Waals surface area contributed by atoms with Gasteiger partial charge < -0.3 is 15.7 Å². The first-order valence-corrected chi connectivity index (χ1v) is 7.59. The Bertz CT molecular complexity index is 544. The SMILES string of the molecule is Cc1ccc(NC(=O)C(=O)NCCCC(C)(C)CO)c(Cl)c1. The van der Waals surface area contributed by atoms with Crippen LogP contribution in [0.25, 0.3) is 0 Å². The number of rotatable bonds is 6. The molecule has 0 aliphatic carbocycles. The van der Waals surface area contributed by atoms with Gasteiger partial charge in [-0.3, -0.25) is 9.59 Å². The predicted octanol–water partition coefficient (Wildman–Crippen LogP) is 2.50. The van der Waals surface area contributed by atoms with E-state index in [1.54, 1.807) is 18.2 Å². The van der Waals surface area contributed by atoms with Crippen LogP contribution in [0.4, 0.5) is 5.69 Å². The number of carbonyl (C=O) groups is 2. The Morgan fingerprint density at radius 1 is 1.27 bits per heavy atom. The molecule has 22 heavy (non-hydrogen) atoms. The molecule has 6 heteroatoms.